The normalized spacial score (nSPS) is 15.9. The quantitative estimate of drug-likeness (QED) is 0.565. The summed E-state index contributed by atoms with van der Waals surface area (Å²) in [6, 6.07) is 26.8. The molecule has 3 aromatic carbocycles. The first-order chi connectivity index (χ1) is 15.0. The van der Waals surface area contributed by atoms with Crippen LogP contribution in [0.15, 0.2) is 84.0 Å². The molecule has 4 rings (SSSR count). The van der Waals surface area contributed by atoms with Gasteiger partial charge in [-0.2, -0.15) is 5.10 Å². The summed E-state index contributed by atoms with van der Waals surface area (Å²) >= 11 is 0. The Labute approximate surface area is 184 Å². The molecule has 4 nitrogen and oxygen atoms in total. The van der Waals surface area contributed by atoms with Crippen molar-refractivity contribution in [1.82, 2.24) is 9.91 Å². The van der Waals surface area contributed by atoms with Crippen LogP contribution < -0.4 is 0 Å². The van der Waals surface area contributed by atoms with Crippen LogP contribution in [-0.2, 0) is 11.3 Å². The molecule has 1 heterocycles. The Kier molecular flexibility index (Phi) is 6.28. The molecule has 1 aliphatic heterocycles. The number of hydrogen-bond donors (Lipinski definition) is 0. The van der Waals surface area contributed by atoms with E-state index in [1.54, 1.807) is 5.01 Å². The van der Waals surface area contributed by atoms with Gasteiger partial charge in [0.1, 0.15) is 0 Å². The van der Waals surface area contributed by atoms with Crippen LogP contribution in [0, 0.1) is 13.8 Å². The molecule has 1 atom stereocenters. The molecule has 3 aromatic rings. The molecule has 158 valence electrons. The standard InChI is InChI=1S/C27H29N3O/c1-20-14-15-24(16-21(20)2)25-17-26(23-12-8-5-9-13-23)30(28-25)27(31)19-29(3)18-22-10-6-4-7-11-22/h4-16,26H,17-19H2,1-3H3/t26-/m1/s1. The van der Waals surface area contributed by atoms with Crippen molar-refractivity contribution in [2.45, 2.75) is 32.9 Å². The minimum atomic E-state index is -0.0737. The third-order valence-corrected chi connectivity index (χ3v) is 5.89. The highest BCUT2D eigenvalue weighted by atomic mass is 16.2. The van der Waals surface area contributed by atoms with Crippen molar-refractivity contribution in [2.75, 3.05) is 13.6 Å². The molecule has 0 radical (unpaired) electrons. The first-order valence-corrected chi connectivity index (χ1v) is 10.8. The summed E-state index contributed by atoms with van der Waals surface area (Å²) in [5.74, 6) is 0.0196. The van der Waals surface area contributed by atoms with Crippen LogP contribution in [0.5, 0.6) is 0 Å². The van der Waals surface area contributed by atoms with E-state index in [4.69, 9.17) is 5.10 Å². The molecular weight excluding hydrogens is 382 g/mol. The summed E-state index contributed by atoms with van der Waals surface area (Å²) in [6.45, 7) is 5.28. The molecule has 0 aliphatic carbocycles. The van der Waals surface area contributed by atoms with Gasteiger partial charge in [0, 0.05) is 13.0 Å². The van der Waals surface area contributed by atoms with Crippen LogP contribution in [0.3, 0.4) is 0 Å². The number of benzene rings is 3. The Balaban J connectivity index is 1.56. The number of aryl methyl sites for hydroxylation is 2. The van der Waals surface area contributed by atoms with Gasteiger partial charge in [-0.05, 0) is 54.8 Å². The molecular formula is C27H29N3O. The predicted molar refractivity (Wildman–Crippen MR) is 126 cm³/mol. The van der Waals surface area contributed by atoms with Gasteiger partial charge < -0.3 is 0 Å². The molecule has 0 bridgehead atoms. The van der Waals surface area contributed by atoms with E-state index in [9.17, 15) is 4.79 Å². The second-order valence-corrected chi connectivity index (χ2v) is 8.37. The van der Waals surface area contributed by atoms with Crippen LogP contribution in [0.25, 0.3) is 0 Å². The molecule has 0 aromatic heterocycles. The fourth-order valence-corrected chi connectivity index (χ4v) is 4.02. The minimum absolute atomic E-state index is 0.0196. The van der Waals surface area contributed by atoms with E-state index in [0.717, 1.165) is 29.8 Å². The van der Waals surface area contributed by atoms with E-state index in [1.165, 1.54) is 16.7 Å². The average molecular weight is 412 g/mol. The summed E-state index contributed by atoms with van der Waals surface area (Å²) in [5.41, 5.74) is 6.87. The number of carbonyl (C=O) groups excluding carboxylic acids is 1. The van der Waals surface area contributed by atoms with E-state index in [2.05, 4.69) is 56.3 Å². The number of amides is 1. The summed E-state index contributed by atoms with van der Waals surface area (Å²) in [7, 11) is 1.98. The lowest BCUT2D eigenvalue weighted by molar-refractivity contribution is -0.134. The predicted octanol–water partition coefficient (Wildman–Crippen LogP) is 5.11. The van der Waals surface area contributed by atoms with Gasteiger partial charge in [-0.1, -0.05) is 72.8 Å². The van der Waals surface area contributed by atoms with Crippen LogP contribution >= 0.6 is 0 Å². The Morgan fingerprint density at radius 1 is 0.968 bits per heavy atom. The minimum Gasteiger partial charge on any atom is -0.293 e. The van der Waals surface area contributed by atoms with Gasteiger partial charge >= 0.3 is 0 Å². The van der Waals surface area contributed by atoms with E-state index in [0.29, 0.717) is 6.54 Å². The molecule has 0 saturated heterocycles. The highest BCUT2D eigenvalue weighted by Crippen LogP contribution is 2.33. The topological polar surface area (TPSA) is 35.9 Å². The van der Waals surface area contributed by atoms with Gasteiger partial charge in [-0.25, -0.2) is 5.01 Å². The lowest BCUT2D eigenvalue weighted by Crippen LogP contribution is -2.36. The Morgan fingerprint density at radius 3 is 2.32 bits per heavy atom. The van der Waals surface area contributed by atoms with Crippen molar-refractivity contribution in [3.63, 3.8) is 0 Å². The van der Waals surface area contributed by atoms with Crippen molar-refractivity contribution >= 4 is 11.6 Å². The van der Waals surface area contributed by atoms with Crippen LogP contribution in [-0.4, -0.2) is 35.1 Å². The molecule has 0 spiro atoms. The monoisotopic (exact) mass is 411 g/mol. The second-order valence-electron chi connectivity index (χ2n) is 8.37. The zero-order valence-electron chi connectivity index (χ0n) is 18.5. The molecule has 0 N–H and O–H groups in total. The zero-order chi connectivity index (χ0) is 21.8. The highest BCUT2D eigenvalue weighted by molar-refractivity contribution is 6.03. The van der Waals surface area contributed by atoms with Gasteiger partial charge in [0.2, 0.25) is 0 Å². The van der Waals surface area contributed by atoms with Crippen LogP contribution in [0.1, 0.15) is 40.3 Å². The Hall–Kier alpha value is -3.24. The van der Waals surface area contributed by atoms with Crippen molar-refractivity contribution in [3.05, 3.63) is 107 Å². The third kappa shape index (κ3) is 4.92. The first-order valence-electron chi connectivity index (χ1n) is 10.8. The van der Waals surface area contributed by atoms with Gasteiger partial charge in [-0.3, -0.25) is 9.69 Å². The lowest BCUT2D eigenvalue weighted by Gasteiger charge is -2.24. The van der Waals surface area contributed by atoms with E-state index >= 15 is 0 Å². The zero-order valence-corrected chi connectivity index (χ0v) is 18.5. The fourth-order valence-electron chi connectivity index (χ4n) is 4.02. The fraction of sp³-hybridized carbons (Fsp3) is 0.259. The second kappa shape index (κ2) is 9.27. The summed E-state index contributed by atoms with van der Waals surface area (Å²) in [6.07, 6.45) is 0.723. The Bertz CT molecular complexity index is 1080. The Morgan fingerprint density at radius 2 is 1.65 bits per heavy atom. The summed E-state index contributed by atoms with van der Waals surface area (Å²) < 4.78 is 0. The highest BCUT2D eigenvalue weighted by Gasteiger charge is 2.33. The third-order valence-electron chi connectivity index (χ3n) is 5.89. The van der Waals surface area contributed by atoms with Gasteiger partial charge in [-0.15, -0.1) is 0 Å². The first kappa shape index (κ1) is 21.0. The van der Waals surface area contributed by atoms with Gasteiger partial charge in [0.05, 0.1) is 18.3 Å². The molecule has 0 unspecified atom stereocenters. The largest absolute Gasteiger partial charge is 0.293 e. The van der Waals surface area contributed by atoms with E-state index in [-0.39, 0.29) is 11.9 Å². The smallest absolute Gasteiger partial charge is 0.257 e. The molecule has 1 aliphatic rings. The lowest BCUT2D eigenvalue weighted by atomic mass is 9.96. The van der Waals surface area contributed by atoms with Crippen molar-refractivity contribution in [1.29, 1.82) is 0 Å². The molecule has 0 fully saturated rings. The maximum atomic E-state index is 13.3. The molecule has 4 heteroatoms. The van der Waals surface area contributed by atoms with Gasteiger partial charge in [0.25, 0.3) is 5.91 Å². The number of hydrazone groups is 1. The van der Waals surface area contributed by atoms with E-state index in [1.807, 2.05) is 48.3 Å². The molecule has 31 heavy (non-hydrogen) atoms. The summed E-state index contributed by atoms with van der Waals surface area (Å²) in [4.78, 5) is 15.3. The van der Waals surface area contributed by atoms with Crippen molar-refractivity contribution in [3.8, 4) is 0 Å². The van der Waals surface area contributed by atoms with Crippen molar-refractivity contribution in [2.24, 2.45) is 5.10 Å². The number of nitrogens with zero attached hydrogens (tertiary/aromatic N) is 3. The number of carbonyl (C=O) groups is 1. The van der Waals surface area contributed by atoms with Gasteiger partial charge in [0.15, 0.2) is 0 Å². The molecule has 1 amide bonds. The SMILES string of the molecule is Cc1ccc(C2=NN(C(=O)CN(C)Cc3ccccc3)[C@@H](c3ccccc3)C2)cc1C. The maximum absolute atomic E-state index is 13.3. The number of hydrogen-bond acceptors (Lipinski definition) is 3. The van der Waals surface area contributed by atoms with Crippen LogP contribution in [0.2, 0.25) is 0 Å². The van der Waals surface area contributed by atoms with Crippen molar-refractivity contribution < 1.29 is 4.79 Å². The maximum Gasteiger partial charge on any atom is 0.257 e. The average Bonchev–Trinajstić information content (AvgIpc) is 3.22. The number of likely N-dealkylation sites (N-methyl/N-ethyl adjacent to an activating group) is 1. The number of rotatable bonds is 6. The molecule has 0 saturated carbocycles. The van der Waals surface area contributed by atoms with E-state index < -0.39 is 0 Å². The summed E-state index contributed by atoms with van der Waals surface area (Å²) in [5, 5.41) is 6.52. The van der Waals surface area contributed by atoms with Crippen LogP contribution in [0.4, 0.5) is 0 Å².